The third-order valence-corrected chi connectivity index (χ3v) is 3.22. The number of aliphatic carboxylic acids is 1. The largest absolute Gasteiger partial charge is 0.481 e. The van der Waals surface area contributed by atoms with E-state index in [-0.39, 0.29) is 11.8 Å². The molecule has 1 aliphatic carbocycles. The van der Waals surface area contributed by atoms with Gasteiger partial charge in [0.05, 0.1) is 11.8 Å². The monoisotopic (exact) mass is 225 g/mol. The van der Waals surface area contributed by atoms with E-state index in [0.29, 0.717) is 13.0 Å². The molecule has 2 rings (SSSR count). The van der Waals surface area contributed by atoms with Crippen LogP contribution in [0.2, 0.25) is 0 Å². The molecule has 0 radical (unpaired) electrons. The molecule has 80 valence electrons. The zero-order chi connectivity index (χ0) is 10.8. The number of carbonyl (C=O) groups excluding carboxylic acids is 1. The molecule has 0 bridgehead atoms. The van der Waals surface area contributed by atoms with Gasteiger partial charge in [0, 0.05) is 6.54 Å². The third kappa shape index (κ3) is 2.36. The van der Waals surface area contributed by atoms with Crippen LogP contribution in [-0.2, 0) is 16.1 Å². The predicted octanol–water partition coefficient (Wildman–Crippen LogP) is 1.08. The Bertz CT molecular complexity index is 374. The molecule has 2 N–H and O–H groups in total. The Labute approximate surface area is 90.9 Å². The van der Waals surface area contributed by atoms with Crippen LogP contribution in [0.5, 0.6) is 0 Å². The van der Waals surface area contributed by atoms with Crippen LogP contribution in [0.15, 0.2) is 16.8 Å². The summed E-state index contributed by atoms with van der Waals surface area (Å²) in [5, 5.41) is 15.3. The number of amides is 1. The molecular formula is C10H11NO3S. The number of hydrogen-bond donors (Lipinski definition) is 2. The van der Waals surface area contributed by atoms with E-state index in [4.69, 9.17) is 5.11 Å². The van der Waals surface area contributed by atoms with Crippen LogP contribution in [-0.4, -0.2) is 17.0 Å². The number of rotatable bonds is 4. The number of carbonyl (C=O) groups is 2. The van der Waals surface area contributed by atoms with Crippen LogP contribution >= 0.6 is 11.3 Å². The van der Waals surface area contributed by atoms with Crippen molar-refractivity contribution in [3.8, 4) is 0 Å². The summed E-state index contributed by atoms with van der Waals surface area (Å²) in [6, 6.07) is 1.94. The summed E-state index contributed by atoms with van der Waals surface area (Å²) < 4.78 is 0. The van der Waals surface area contributed by atoms with Crippen LogP contribution in [0.3, 0.4) is 0 Å². The molecule has 0 aromatic carbocycles. The molecule has 1 aromatic rings. The summed E-state index contributed by atoms with van der Waals surface area (Å²) in [5.41, 5.74) is 1.06. The molecule has 1 saturated carbocycles. The van der Waals surface area contributed by atoms with E-state index in [0.717, 1.165) is 5.56 Å². The topological polar surface area (TPSA) is 66.4 Å². The normalized spacial score (nSPS) is 23.5. The van der Waals surface area contributed by atoms with E-state index in [9.17, 15) is 9.59 Å². The summed E-state index contributed by atoms with van der Waals surface area (Å²) in [5.74, 6) is -1.80. The first-order valence-corrected chi connectivity index (χ1v) is 5.64. The Kier molecular flexibility index (Phi) is 2.73. The highest BCUT2D eigenvalue weighted by Gasteiger charge is 2.48. The minimum atomic E-state index is -0.870. The zero-order valence-corrected chi connectivity index (χ0v) is 8.79. The molecule has 2 unspecified atom stereocenters. The van der Waals surface area contributed by atoms with Crippen LogP contribution in [0.25, 0.3) is 0 Å². The fraction of sp³-hybridized carbons (Fsp3) is 0.400. The molecule has 15 heavy (non-hydrogen) atoms. The second-order valence-electron chi connectivity index (χ2n) is 3.64. The molecule has 2 atom stereocenters. The molecule has 0 aliphatic heterocycles. The third-order valence-electron chi connectivity index (χ3n) is 2.49. The van der Waals surface area contributed by atoms with Gasteiger partial charge in [-0.3, -0.25) is 9.59 Å². The Balaban J connectivity index is 1.77. The molecule has 0 saturated heterocycles. The number of carboxylic acid groups (broad SMARTS) is 1. The van der Waals surface area contributed by atoms with Gasteiger partial charge in [-0.2, -0.15) is 11.3 Å². The highest BCUT2D eigenvalue weighted by atomic mass is 32.1. The van der Waals surface area contributed by atoms with Crippen molar-refractivity contribution in [2.45, 2.75) is 13.0 Å². The lowest BCUT2D eigenvalue weighted by Crippen LogP contribution is -2.25. The molecule has 1 amide bonds. The van der Waals surface area contributed by atoms with Crippen molar-refractivity contribution in [2.75, 3.05) is 0 Å². The van der Waals surface area contributed by atoms with Crippen molar-refractivity contribution in [2.24, 2.45) is 11.8 Å². The number of nitrogens with one attached hydrogen (secondary N) is 1. The zero-order valence-electron chi connectivity index (χ0n) is 7.97. The van der Waals surface area contributed by atoms with Crippen molar-refractivity contribution in [1.29, 1.82) is 0 Å². The highest BCUT2D eigenvalue weighted by Crippen LogP contribution is 2.38. The van der Waals surface area contributed by atoms with E-state index in [2.05, 4.69) is 5.32 Å². The van der Waals surface area contributed by atoms with Gasteiger partial charge >= 0.3 is 5.97 Å². The van der Waals surface area contributed by atoms with Crippen molar-refractivity contribution in [3.63, 3.8) is 0 Å². The fourth-order valence-electron chi connectivity index (χ4n) is 1.47. The number of hydrogen-bond acceptors (Lipinski definition) is 3. The minimum Gasteiger partial charge on any atom is -0.481 e. The quantitative estimate of drug-likeness (QED) is 0.806. The van der Waals surface area contributed by atoms with Gasteiger partial charge in [-0.25, -0.2) is 0 Å². The summed E-state index contributed by atoms with van der Waals surface area (Å²) in [7, 11) is 0. The van der Waals surface area contributed by atoms with Crippen molar-refractivity contribution < 1.29 is 14.7 Å². The molecule has 1 aromatic heterocycles. The van der Waals surface area contributed by atoms with E-state index in [1.807, 2.05) is 16.8 Å². The second kappa shape index (κ2) is 4.02. The summed E-state index contributed by atoms with van der Waals surface area (Å²) in [6.07, 6.45) is 0.477. The Hall–Kier alpha value is -1.36. The number of thiophene rings is 1. The van der Waals surface area contributed by atoms with Gasteiger partial charge in [-0.15, -0.1) is 0 Å². The minimum absolute atomic E-state index is 0.145. The van der Waals surface area contributed by atoms with E-state index in [1.54, 1.807) is 11.3 Å². The molecule has 4 nitrogen and oxygen atoms in total. The van der Waals surface area contributed by atoms with Crippen LogP contribution in [0, 0.1) is 11.8 Å². The molecule has 0 spiro atoms. The first-order chi connectivity index (χ1) is 7.18. The fourth-order valence-corrected chi connectivity index (χ4v) is 2.14. The van der Waals surface area contributed by atoms with Crippen molar-refractivity contribution in [3.05, 3.63) is 22.4 Å². The average Bonchev–Trinajstić information content (AvgIpc) is 2.85. The first-order valence-electron chi connectivity index (χ1n) is 4.70. The van der Waals surface area contributed by atoms with Crippen molar-refractivity contribution >= 4 is 23.2 Å². The maximum atomic E-state index is 11.4. The van der Waals surface area contributed by atoms with E-state index in [1.165, 1.54) is 0 Å². The molecule has 1 fully saturated rings. The smallest absolute Gasteiger partial charge is 0.307 e. The van der Waals surface area contributed by atoms with Crippen molar-refractivity contribution in [1.82, 2.24) is 5.32 Å². The number of carboxylic acids is 1. The maximum Gasteiger partial charge on any atom is 0.307 e. The lowest BCUT2D eigenvalue weighted by atomic mass is 10.3. The maximum absolute atomic E-state index is 11.4. The summed E-state index contributed by atoms with van der Waals surface area (Å²) in [6.45, 7) is 0.491. The summed E-state index contributed by atoms with van der Waals surface area (Å²) in [4.78, 5) is 22.0. The second-order valence-corrected chi connectivity index (χ2v) is 4.42. The lowest BCUT2D eigenvalue weighted by molar-refractivity contribution is -0.140. The Morgan fingerprint density at radius 3 is 2.87 bits per heavy atom. The van der Waals surface area contributed by atoms with Crippen LogP contribution in [0.1, 0.15) is 12.0 Å². The van der Waals surface area contributed by atoms with Gasteiger partial charge in [0.1, 0.15) is 0 Å². The van der Waals surface area contributed by atoms with Gasteiger partial charge in [0.15, 0.2) is 0 Å². The van der Waals surface area contributed by atoms with E-state index >= 15 is 0 Å². The SMILES string of the molecule is O=C(O)C1CC1C(=O)NCc1ccsc1. The highest BCUT2D eigenvalue weighted by molar-refractivity contribution is 7.07. The molecule has 1 heterocycles. The van der Waals surface area contributed by atoms with Gasteiger partial charge in [0.2, 0.25) is 5.91 Å². The van der Waals surface area contributed by atoms with Crippen LogP contribution in [0.4, 0.5) is 0 Å². The predicted molar refractivity (Wildman–Crippen MR) is 55.4 cm³/mol. The molecular weight excluding hydrogens is 214 g/mol. The van der Waals surface area contributed by atoms with Crippen LogP contribution < -0.4 is 5.32 Å². The lowest BCUT2D eigenvalue weighted by Gasteiger charge is -2.01. The standard InChI is InChI=1S/C10H11NO3S/c12-9(7-3-8(7)10(13)14)11-4-6-1-2-15-5-6/h1-2,5,7-8H,3-4H2,(H,11,12)(H,13,14). The molecule has 1 aliphatic rings. The Morgan fingerprint density at radius 1 is 1.53 bits per heavy atom. The average molecular weight is 225 g/mol. The van der Waals surface area contributed by atoms with E-state index < -0.39 is 11.9 Å². The van der Waals surface area contributed by atoms with Gasteiger partial charge < -0.3 is 10.4 Å². The summed E-state index contributed by atoms with van der Waals surface area (Å²) >= 11 is 1.58. The van der Waals surface area contributed by atoms with Gasteiger partial charge in [-0.1, -0.05) is 0 Å². The van der Waals surface area contributed by atoms with Gasteiger partial charge in [0.25, 0.3) is 0 Å². The first kappa shape index (κ1) is 10.2. The van der Waals surface area contributed by atoms with Gasteiger partial charge in [-0.05, 0) is 28.8 Å². The Morgan fingerprint density at radius 2 is 2.33 bits per heavy atom. The molecule has 5 heteroatoms.